The van der Waals surface area contributed by atoms with E-state index >= 15 is 0 Å². The van der Waals surface area contributed by atoms with E-state index in [2.05, 4.69) is 35.1 Å². The maximum absolute atomic E-state index is 12.0. The first-order valence-electron chi connectivity index (χ1n) is 6.58. The molecule has 3 nitrogen and oxygen atoms in total. The Morgan fingerprint density at radius 1 is 1.26 bits per heavy atom. The number of para-hydroxylation sites is 2. The van der Waals surface area contributed by atoms with Crippen molar-refractivity contribution in [1.29, 1.82) is 0 Å². The highest BCUT2D eigenvalue weighted by Crippen LogP contribution is 2.25. The van der Waals surface area contributed by atoms with E-state index in [9.17, 15) is 4.79 Å². The minimum atomic E-state index is -0.203. The van der Waals surface area contributed by atoms with E-state index in [0.717, 1.165) is 5.69 Å². The van der Waals surface area contributed by atoms with Crippen LogP contribution < -0.4 is 10.1 Å². The topological polar surface area (TPSA) is 38.3 Å². The van der Waals surface area contributed by atoms with Crippen molar-refractivity contribution in [3.05, 3.63) is 24.3 Å². The van der Waals surface area contributed by atoms with E-state index in [0.29, 0.717) is 18.3 Å². The molecule has 1 unspecified atom stereocenters. The van der Waals surface area contributed by atoms with E-state index in [1.165, 1.54) is 0 Å². The van der Waals surface area contributed by atoms with E-state index in [4.69, 9.17) is 4.74 Å². The first kappa shape index (κ1) is 16.0. The summed E-state index contributed by atoms with van der Waals surface area (Å²) in [6, 6.07) is 7.51. The van der Waals surface area contributed by atoms with Crippen LogP contribution in [-0.4, -0.2) is 17.3 Å². The smallest absolute Gasteiger partial charge is 0.238 e. The van der Waals surface area contributed by atoms with Gasteiger partial charge in [0.05, 0.1) is 17.1 Å². The van der Waals surface area contributed by atoms with Gasteiger partial charge in [-0.25, -0.2) is 0 Å². The molecule has 0 saturated heterocycles. The molecule has 1 aromatic rings. The van der Waals surface area contributed by atoms with Crippen LogP contribution in [0.3, 0.4) is 0 Å². The summed E-state index contributed by atoms with van der Waals surface area (Å²) < 4.78 is 5.71. The second kappa shape index (κ2) is 7.53. The van der Waals surface area contributed by atoms with Gasteiger partial charge in [-0.1, -0.05) is 55.8 Å². The molecule has 1 amide bonds. The number of rotatable bonds is 6. The average Bonchev–Trinajstić information content (AvgIpc) is 2.36. The monoisotopic (exact) mass is 327 g/mol. The van der Waals surface area contributed by atoms with Crippen LogP contribution in [-0.2, 0) is 4.79 Å². The lowest BCUT2D eigenvalue weighted by Crippen LogP contribution is -2.27. The van der Waals surface area contributed by atoms with Crippen LogP contribution in [0.5, 0.6) is 5.75 Å². The van der Waals surface area contributed by atoms with Crippen LogP contribution in [0.4, 0.5) is 5.69 Å². The number of nitrogens with one attached hydrogen (secondary N) is 1. The fraction of sp³-hybridized carbons (Fsp3) is 0.533. The van der Waals surface area contributed by atoms with E-state index in [1.807, 2.05) is 38.1 Å². The maximum atomic E-state index is 12.0. The van der Waals surface area contributed by atoms with Crippen molar-refractivity contribution in [2.45, 2.75) is 32.5 Å². The molecular formula is C15H22BrNO2. The molecule has 0 aliphatic rings. The van der Waals surface area contributed by atoms with Gasteiger partial charge in [-0.15, -0.1) is 0 Å². The molecule has 0 bridgehead atoms. The van der Waals surface area contributed by atoms with Crippen LogP contribution in [0.2, 0.25) is 0 Å². The lowest BCUT2D eigenvalue weighted by molar-refractivity contribution is -0.116. The van der Waals surface area contributed by atoms with Crippen molar-refractivity contribution < 1.29 is 9.53 Å². The highest BCUT2D eigenvalue weighted by molar-refractivity contribution is 9.10. The summed E-state index contributed by atoms with van der Waals surface area (Å²) >= 11 is 3.40. The van der Waals surface area contributed by atoms with Crippen LogP contribution in [0.1, 0.15) is 27.7 Å². The molecule has 0 radical (unpaired) electrons. The number of ether oxygens (including phenoxy) is 1. The molecule has 0 heterocycles. The summed E-state index contributed by atoms with van der Waals surface area (Å²) in [4.78, 5) is 11.8. The van der Waals surface area contributed by atoms with Crippen molar-refractivity contribution in [3.63, 3.8) is 0 Å². The average molecular weight is 328 g/mol. The maximum Gasteiger partial charge on any atom is 0.238 e. The van der Waals surface area contributed by atoms with E-state index in [1.54, 1.807) is 0 Å². The summed E-state index contributed by atoms with van der Waals surface area (Å²) in [6.07, 6.45) is 0. The molecule has 0 fully saturated rings. The summed E-state index contributed by atoms with van der Waals surface area (Å²) in [7, 11) is 0. The second-order valence-electron chi connectivity index (χ2n) is 5.34. The van der Waals surface area contributed by atoms with Gasteiger partial charge in [-0.05, 0) is 24.0 Å². The lowest BCUT2D eigenvalue weighted by atomic mass is 10.1. The standard InChI is InChI=1S/C15H22BrNO2/c1-10(2)9-19-13-8-6-5-7-12(13)17-15(18)14(16)11(3)4/h5-8,10-11,14H,9H2,1-4H3,(H,17,18). The fourth-order valence-corrected chi connectivity index (χ4v) is 1.57. The predicted molar refractivity (Wildman–Crippen MR) is 83.0 cm³/mol. The third-order valence-corrected chi connectivity index (χ3v) is 4.03. The van der Waals surface area contributed by atoms with Crippen molar-refractivity contribution in [1.82, 2.24) is 0 Å². The minimum Gasteiger partial charge on any atom is -0.491 e. The third-order valence-electron chi connectivity index (χ3n) is 2.55. The molecule has 1 rings (SSSR count). The SMILES string of the molecule is CC(C)COc1ccccc1NC(=O)C(Br)C(C)C. The number of carbonyl (C=O) groups is 1. The Balaban J connectivity index is 2.75. The highest BCUT2D eigenvalue weighted by atomic mass is 79.9. The molecule has 0 aromatic heterocycles. The number of carbonyl (C=O) groups excluding carboxylic acids is 1. The zero-order valence-corrected chi connectivity index (χ0v) is 13.5. The Morgan fingerprint density at radius 2 is 1.89 bits per heavy atom. The van der Waals surface area contributed by atoms with Gasteiger partial charge in [0.2, 0.25) is 5.91 Å². The molecule has 106 valence electrons. The van der Waals surface area contributed by atoms with Crippen molar-refractivity contribution in [2.24, 2.45) is 11.8 Å². The number of hydrogen-bond donors (Lipinski definition) is 1. The molecule has 4 heteroatoms. The van der Waals surface area contributed by atoms with Crippen LogP contribution in [0.15, 0.2) is 24.3 Å². The Labute approximate surface area is 123 Å². The number of benzene rings is 1. The zero-order chi connectivity index (χ0) is 14.4. The van der Waals surface area contributed by atoms with Crippen molar-refractivity contribution in [3.8, 4) is 5.75 Å². The van der Waals surface area contributed by atoms with Crippen LogP contribution >= 0.6 is 15.9 Å². The van der Waals surface area contributed by atoms with E-state index in [-0.39, 0.29) is 16.7 Å². The summed E-state index contributed by atoms with van der Waals surface area (Å²) in [5.74, 6) is 1.36. The van der Waals surface area contributed by atoms with Gasteiger partial charge in [-0.3, -0.25) is 4.79 Å². The quantitative estimate of drug-likeness (QED) is 0.799. The Kier molecular flexibility index (Phi) is 6.35. The zero-order valence-electron chi connectivity index (χ0n) is 11.9. The molecule has 0 aliphatic carbocycles. The van der Waals surface area contributed by atoms with Crippen molar-refractivity contribution >= 4 is 27.5 Å². The minimum absolute atomic E-state index is 0.0457. The number of hydrogen-bond acceptors (Lipinski definition) is 2. The van der Waals surface area contributed by atoms with Gasteiger partial charge in [0, 0.05) is 0 Å². The molecule has 1 N–H and O–H groups in total. The van der Waals surface area contributed by atoms with Gasteiger partial charge in [0.25, 0.3) is 0 Å². The van der Waals surface area contributed by atoms with Crippen LogP contribution in [0.25, 0.3) is 0 Å². The largest absolute Gasteiger partial charge is 0.491 e. The predicted octanol–water partition coefficient (Wildman–Crippen LogP) is 4.08. The molecular weight excluding hydrogens is 306 g/mol. The van der Waals surface area contributed by atoms with Gasteiger partial charge in [0.1, 0.15) is 5.75 Å². The van der Waals surface area contributed by atoms with Gasteiger partial charge in [0.15, 0.2) is 0 Å². The normalized spacial score (nSPS) is 12.6. The van der Waals surface area contributed by atoms with Gasteiger partial charge < -0.3 is 10.1 Å². The first-order valence-corrected chi connectivity index (χ1v) is 7.50. The number of amides is 1. The van der Waals surface area contributed by atoms with Crippen molar-refractivity contribution in [2.75, 3.05) is 11.9 Å². The Hall–Kier alpha value is -1.03. The van der Waals surface area contributed by atoms with Gasteiger partial charge in [-0.2, -0.15) is 0 Å². The Morgan fingerprint density at radius 3 is 2.47 bits per heavy atom. The number of halogens is 1. The summed E-state index contributed by atoms with van der Waals surface area (Å²) in [5.41, 5.74) is 0.721. The Bertz CT molecular complexity index is 418. The first-order chi connectivity index (χ1) is 8.91. The molecule has 0 saturated carbocycles. The van der Waals surface area contributed by atoms with E-state index < -0.39 is 0 Å². The summed E-state index contributed by atoms with van der Waals surface area (Å²) in [6.45, 7) is 8.82. The number of alkyl halides is 1. The van der Waals surface area contributed by atoms with Gasteiger partial charge >= 0.3 is 0 Å². The third kappa shape index (κ3) is 5.23. The summed E-state index contributed by atoms with van der Waals surface area (Å²) in [5, 5.41) is 2.90. The lowest BCUT2D eigenvalue weighted by Gasteiger charge is -2.17. The highest BCUT2D eigenvalue weighted by Gasteiger charge is 2.19. The molecule has 0 spiro atoms. The molecule has 0 aliphatic heterocycles. The van der Waals surface area contributed by atoms with Crippen LogP contribution in [0, 0.1) is 11.8 Å². The molecule has 19 heavy (non-hydrogen) atoms. The fourth-order valence-electron chi connectivity index (χ4n) is 1.46. The molecule has 1 aromatic carbocycles. The number of anilines is 1. The second-order valence-corrected chi connectivity index (χ2v) is 6.32. The molecule has 1 atom stereocenters.